The van der Waals surface area contributed by atoms with E-state index in [0.29, 0.717) is 0 Å². The van der Waals surface area contributed by atoms with Crippen molar-refractivity contribution in [1.82, 2.24) is 9.88 Å². The lowest BCUT2D eigenvalue weighted by atomic mass is 10.1. The van der Waals surface area contributed by atoms with Gasteiger partial charge in [-0.2, -0.15) is 0 Å². The van der Waals surface area contributed by atoms with Crippen molar-refractivity contribution in [3.05, 3.63) is 29.1 Å². The Morgan fingerprint density at radius 1 is 1.43 bits per heavy atom. The van der Waals surface area contributed by atoms with Crippen molar-refractivity contribution >= 4 is 12.0 Å². The number of nitrogens with zero attached hydrogens (tertiary/aromatic N) is 1. The van der Waals surface area contributed by atoms with Crippen molar-refractivity contribution in [2.75, 3.05) is 6.54 Å². The van der Waals surface area contributed by atoms with Crippen LogP contribution in [0.4, 0.5) is 0 Å². The van der Waals surface area contributed by atoms with Crippen LogP contribution in [0.15, 0.2) is 12.1 Å². The Kier molecular flexibility index (Phi) is 1.54. The fourth-order valence-electron chi connectivity index (χ4n) is 2.28. The molecule has 0 saturated heterocycles. The van der Waals surface area contributed by atoms with E-state index in [0.717, 1.165) is 31.5 Å². The molecule has 3 nitrogen and oxygen atoms in total. The van der Waals surface area contributed by atoms with E-state index in [4.69, 9.17) is 0 Å². The van der Waals surface area contributed by atoms with Crippen LogP contribution < -0.4 is 5.32 Å². The van der Waals surface area contributed by atoms with E-state index in [9.17, 15) is 4.79 Å². The molecule has 0 radical (unpaired) electrons. The maximum absolute atomic E-state index is 11.6. The number of aromatic nitrogens is 1. The summed E-state index contributed by atoms with van der Waals surface area (Å²) >= 11 is 0. The van der Waals surface area contributed by atoms with E-state index in [1.54, 1.807) is 0 Å². The minimum absolute atomic E-state index is 0.0848. The number of hydrogen-bond acceptors (Lipinski definition) is 1. The van der Waals surface area contributed by atoms with E-state index in [1.807, 2.05) is 6.07 Å². The molecule has 3 heterocycles. The molecule has 2 aliphatic rings. The Balaban J connectivity index is 2.21. The predicted octanol–water partition coefficient (Wildman–Crippen LogP) is 1.19. The van der Waals surface area contributed by atoms with Gasteiger partial charge in [-0.05, 0) is 18.6 Å². The van der Waals surface area contributed by atoms with Crippen molar-refractivity contribution in [2.45, 2.75) is 19.4 Å². The summed E-state index contributed by atoms with van der Waals surface area (Å²) in [6.45, 7) is 1.80. The molecule has 0 aliphatic carbocycles. The van der Waals surface area contributed by atoms with E-state index < -0.39 is 0 Å². The topological polar surface area (TPSA) is 34.0 Å². The molecule has 1 aromatic rings. The number of carbonyl (C=O) groups excluding carboxylic acids is 1. The lowest BCUT2D eigenvalue weighted by Crippen LogP contribution is -2.32. The summed E-state index contributed by atoms with van der Waals surface area (Å²) in [5.74, 6) is 0.0848. The molecule has 3 heteroatoms. The highest BCUT2D eigenvalue weighted by atomic mass is 16.1. The molecule has 3 rings (SSSR count). The Labute approximate surface area is 82.4 Å². The quantitative estimate of drug-likeness (QED) is 0.652. The molecule has 0 atom stereocenters. The van der Waals surface area contributed by atoms with Crippen LogP contribution in [0.3, 0.4) is 0 Å². The molecule has 2 aliphatic heterocycles. The predicted molar refractivity (Wildman–Crippen MR) is 54.1 cm³/mol. The van der Waals surface area contributed by atoms with Crippen LogP contribution in [0, 0.1) is 0 Å². The summed E-state index contributed by atoms with van der Waals surface area (Å²) in [7, 11) is 0. The molecule has 1 amide bonds. The van der Waals surface area contributed by atoms with Gasteiger partial charge in [0.1, 0.15) is 0 Å². The monoisotopic (exact) mass is 188 g/mol. The van der Waals surface area contributed by atoms with Crippen molar-refractivity contribution in [1.29, 1.82) is 0 Å². The van der Waals surface area contributed by atoms with E-state index >= 15 is 0 Å². The molecule has 14 heavy (non-hydrogen) atoms. The maximum Gasteiger partial charge on any atom is 0.253 e. The fraction of sp³-hybridized carbons (Fsp3) is 0.364. The van der Waals surface area contributed by atoms with Crippen molar-refractivity contribution in [3.63, 3.8) is 0 Å². The van der Waals surface area contributed by atoms with Crippen LogP contribution in [0.5, 0.6) is 0 Å². The van der Waals surface area contributed by atoms with Crippen LogP contribution >= 0.6 is 0 Å². The summed E-state index contributed by atoms with van der Waals surface area (Å²) in [6, 6.07) is 2.00. The molecular formula is C11H12N2O. The largest absolute Gasteiger partial charge is 0.352 e. The number of rotatable bonds is 0. The van der Waals surface area contributed by atoms with Crippen LogP contribution in [0.2, 0.25) is 0 Å². The second kappa shape index (κ2) is 2.74. The van der Waals surface area contributed by atoms with Crippen LogP contribution in [0.25, 0.3) is 6.08 Å². The summed E-state index contributed by atoms with van der Waals surface area (Å²) in [5.41, 5.74) is 3.27. The number of nitrogens with one attached hydrogen (secondary N) is 1. The average molecular weight is 188 g/mol. The third-order valence-electron chi connectivity index (χ3n) is 2.94. The van der Waals surface area contributed by atoms with Gasteiger partial charge >= 0.3 is 0 Å². The normalized spacial score (nSPS) is 18.7. The zero-order chi connectivity index (χ0) is 9.54. The highest BCUT2D eigenvalue weighted by molar-refractivity contribution is 5.97. The minimum Gasteiger partial charge on any atom is -0.352 e. The zero-order valence-electron chi connectivity index (χ0n) is 7.92. The number of hydrogen-bond donors (Lipinski definition) is 1. The average Bonchev–Trinajstić information content (AvgIpc) is 2.59. The molecule has 0 unspecified atom stereocenters. The van der Waals surface area contributed by atoms with Crippen LogP contribution in [-0.2, 0) is 13.0 Å². The zero-order valence-corrected chi connectivity index (χ0v) is 7.92. The fourth-order valence-corrected chi connectivity index (χ4v) is 2.28. The number of carbonyl (C=O) groups is 1. The number of allylic oxidation sites excluding steroid dienone is 1. The van der Waals surface area contributed by atoms with Gasteiger partial charge in [0.05, 0.1) is 5.56 Å². The van der Waals surface area contributed by atoms with E-state index in [2.05, 4.69) is 22.0 Å². The Morgan fingerprint density at radius 2 is 2.36 bits per heavy atom. The van der Waals surface area contributed by atoms with Gasteiger partial charge in [0.2, 0.25) is 0 Å². The lowest BCUT2D eigenvalue weighted by Gasteiger charge is -2.17. The van der Waals surface area contributed by atoms with Crippen molar-refractivity contribution in [3.8, 4) is 0 Å². The van der Waals surface area contributed by atoms with E-state index in [1.165, 1.54) is 11.4 Å². The standard InChI is InChI=1S/C11H12N2O/c14-11-9-7-8-3-1-2-6-13(8)10(9)4-5-12-11/h1,3,7H,2,4-6H2,(H,12,14). The molecule has 72 valence electrons. The summed E-state index contributed by atoms with van der Waals surface area (Å²) in [5, 5.41) is 2.87. The smallest absolute Gasteiger partial charge is 0.253 e. The highest BCUT2D eigenvalue weighted by Gasteiger charge is 2.23. The van der Waals surface area contributed by atoms with E-state index in [-0.39, 0.29) is 5.91 Å². The van der Waals surface area contributed by atoms with Gasteiger partial charge in [-0.15, -0.1) is 0 Å². The van der Waals surface area contributed by atoms with Gasteiger partial charge in [-0.25, -0.2) is 0 Å². The molecule has 0 spiro atoms. The maximum atomic E-state index is 11.6. The van der Waals surface area contributed by atoms with Crippen molar-refractivity contribution in [2.24, 2.45) is 0 Å². The van der Waals surface area contributed by atoms with Gasteiger partial charge < -0.3 is 9.88 Å². The van der Waals surface area contributed by atoms with Gasteiger partial charge in [-0.1, -0.05) is 6.08 Å². The SMILES string of the molecule is O=C1NCCc2c1cc1n2CCC=C1. The van der Waals surface area contributed by atoms with Crippen LogP contribution in [-0.4, -0.2) is 17.0 Å². The molecular weight excluding hydrogens is 176 g/mol. The molecule has 1 aromatic heterocycles. The third-order valence-corrected chi connectivity index (χ3v) is 2.94. The van der Waals surface area contributed by atoms with Gasteiger partial charge in [0.15, 0.2) is 0 Å². The second-order valence-corrected chi connectivity index (χ2v) is 3.78. The molecule has 0 fully saturated rings. The van der Waals surface area contributed by atoms with Crippen LogP contribution in [0.1, 0.15) is 28.2 Å². The third kappa shape index (κ3) is 0.953. The van der Waals surface area contributed by atoms with Gasteiger partial charge in [-0.3, -0.25) is 4.79 Å². The molecule has 0 saturated carbocycles. The Hall–Kier alpha value is -1.51. The summed E-state index contributed by atoms with van der Waals surface area (Å²) in [6.07, 6.45) is 6.32. The lowest BCUT2D eigenvalue weighted by molar-refractivity contribution is 0.0945. The van der Waals surface area contributed by atoms with Gasteiger partial charge in [0.25, 0.3) is 5.91 Å². The first kappa shape index (κ1) is 7.85. The highest BCUT2D eigenvalue weighted by Crippen LogP contribution is 2.23. The first-order valence-electron chi connectivity index (χ1n) is 5.03. The Morgan fingerprint density at radius 3 is 3.29 bits per heavy atom. The minimum atomic E-state index is 0.0848. The summed E-state index contributed by atoms with van der Waals surface area (Å²) in [4.78, 5) is 11.6. The first-order valence-corrected chi connectivity index (χ1v) is 5.03. The number of amides is 1. The molecule has 1 N–H and O–H groups in total. The molecule has 0 bridgehead atoms. The first-order chi connectivity index (χ1) is 6.86. The summed E-state index contributed by atoms with van der Waals surface area (Å²) < 4.78 is 2.27. The molecule has 0 aromatic carbocycles. The van der Waals surface area contributed by atoms with Gasteiger partial charge in [0, 0.05) is 30.9 Å². The Bertz CT molecular complexity index is 429. The van der Waals surface area contributed by atoms with Crippen molar-refractivity contribution < 1.29 is 4.79 Å². The number of fused-ring (bicyclic) bond motifs is 3. The second-order valence-electron chi connectivity index (χ2n) is 3.78.